The van der Waals surface area contributed by atoms with E-state index in [1.165, 1.54) is 0 Å². The fourth-order valence-corrected chi connectivity index (χ4v) is 3.58. The molecule has 1 amide bonds. The lowest BCUT2D eigenvalue weighted by atomic mass is 10.1. The summed E-state index contributed by atoms with van der Waals surface area (Å²) >= 11 is 11.8. The van der Waals surface area contributed by atoms with Gasteiger partial charge in [0, 0.05) is 0 Å². The predicted octanol–water partition coefficient (Wildman–Crippen LogP) is 3.42. The van der Waals surface area contributed by atoms with Crippen LogP contribution in [0.1, 0.15) is 26.3 Å². The number of hydrogen-bond acceptors (Lipinski definition) is 5. The van der Waals surface area contributed by atoms with E-state index in [1.807, 2.05) is 0 Å². The molecule has 1 saturated heterocycles. The molecule has 0 spiro atoms. The van der Waals surface area contributed by atoms with Gasteiger partial charge in [-0.1, -0.05) is 29.3 Å². The second kappa shape index (κ2) is 6.47. The van der Waals surface area contributed by atoms with Gasteiger partial charge in [0.2, 0.25) is 0 Å². The quantitative estimate of drug-likeness (QED) is 0.784. The topological polar surface area (TPSA) is 72.9 Å². The normalized spacial score (nSPS) is 20.6. The summed E-state index contributed by atoms with van der Waals surface area (Å²) in [6.45, 7) is 4.83. The first-order valence-electron chi connectivity index (χ1n) is 6.85. The van der Waals surface area contributed by atoms with E-state index in [-0.39, 0.29) is 13.0 Å². The molecule has 1 aliphatic rings. The zero-order valence-electron chi connectivity index (χ0n) is 12.9. The van der Waals surface area contributed by atoms with Crippen molar-refractivity contribution in [3.05, 3.63) is 33.8 Å². The summed E-state index contributed by atoms with van der Waals surface area (Å²) in [5.74, 6) is 0. The van der Waals surface area contributed by atoms with Crippen LogP contribution in [0.25, 0.3) is 0 Å². The number of halogens is 2. The molecule has 9 heteroatoms. The van der Waals surface area contributed by atoms with E-state index < -0.39 is 28.0 Å². The molecule has 23 heavy (non-hydrogen) atoms. The molecule has 0 radical (unpaired) electrons. The molecule has 1 heterocycles. The van der Waals surface area contributed by atoms with Crippen LogP contribution in [0.4, 0.5) is 4.79 Å². The average molecular weight is 382 g/mol. The van der Waals surface area contributed by atoms with Crippen molar-refractivity contribution in [3.63, 3.8) is 0 Å². The smallest absolute Gasteiger partial charge is 0.426 e. The molecule has 1 fully saturated rings. The maximum Gasteiger partial charge on any atom is 0.426 e. The zero-order valence-corrected chi connectivity index (χ0v) is 15.2. The summed E-state index contributed by atoms with van der Waals surface area (Å²) < 4.78 is 34.5. The lowest BCUT2D eigenvalue weighted by molar-refractivity contribution is 0.0357. The molecule has 1 aliphatic heterocycles. The zero-order chi connectivity index (χ0) is 17.4. The number of rotatable bonds is 2. The Morgan fingerprint density at radius 3 is 2.57 bits per heavy atom. The minimum Gasteiger partial charge on any atom is -0.443 e. The number of ether oxygens (including phenoxy) is 1. The van der Waals surface area contributed by atoms with Crippen LogP contribution in [0.3, 0.4) is 0 Å². The van der Waals surface area contributed by atoms with Crippen LogP contribution in [-0.2, 0) is 25.6 Å². The minimum atomic E-state index is -4.15. The Morgan fingerprint density at radius 2 is 2.00 bits per heavy atom. The lowest BCUT2D eigenvalue weighted by Crippen LogP contribution is -2.43. The van der Waals surface area contributed by atoms with E-state index in [1.54, 1.807) is 39.0 Å². The van der Waals surface area contributed by atoms with Crippen molar-refractivity contribution in [2.24, 2.45) is 0 Å². The van der Waals surface area contributed by atoms with Crippen LogP contribution >= 0.6 is 23.2 Å². The summed E-state index contributed by atoms with van der Waals surface area (Å²) in [7, 11) is -4.15. The Labute approximate surface area is 145 Å². The maximum atomic E-state index is 12.2. The second-order valence-corrected chi connectivity index (χ2v) is 8.42. The van der Waals surface area contributed by atoms with Crippen molar-refractivity contribution in [3.8, 4) is 0 Å². The highest BCUT2D eigenvalue weighted by molar-refractivity contribution is 7.85. The van der Waals surface area contributed by atoms with Crippen LogP contribution in [-0.4, -0.2) is 37.1 Å². The highest BCUT2D eigenvalue weighted by Gasteiger charge is 2.44. The van der Waals surface area contributed by atoms with E-state index in [4.69, 9.17) is 32.1 Å². The van der Waals surface area contributed by atoms with E-state index in [0.717, 1.165) is 5.56 Å². The Bertz CT molecular complexity index is 714. The Hall–Kier alpha value is -1.02. The average Bonchev–Trinajstić information content (AvgIpc) is 2.67. The van der Waals surface area contributed by atoms with Gasteiger partial charge in [0.15, 0.2) is 0 Å². The summed E-state index contributed by atoms with van der Waals surface area (Å²) in [6.07, 6.45) is -0.713. The van der Waals surface area contributed by atoms with Gasteiger partial charge >= 0.3 is 16.4 Å². The fourth-order valence-electron chi connectivity index (χ4n) is 2.10. The first kappa shape index (κ1) is 18.3. The van der Waals surface area contributed by atoms with Gasteiger partial charge in [0.05, 0.1) is 22.7 Å². The van der Waals surface area contributed by atoms with Gasteiger partial charge in [0.25, 0.3) is 0 Å². The van der Waals surface area contributed by atoms with Crippen molar-refractivity contribution in [1.82, 2.24) is 4.31 Å². The molecule has 1 unspecified atom stereocenters. The van der Waals surface area contributed by atoms with Crippen molar-refractivity contribution in [2.45, 2.75) is 38.8 Å². The van der Waals surface area contributed by atoms with E-state index in [2.05, 4.69) is 0 Å². The van der Waals surface area contributed by atoms with E-state index in [0.29, 0.717) is 14.4 Å². The standard InChI is InChI=1S/C14H17Cl2NO5S/c1-14(2,3)22-13(18)17-10(8-21-23(17,19)20)6-9-4-5-11(15)12(16)7-9/h4-5,7,10H,6,8H2,1-3H3. The summed E-state index contributed by atoms with van der Waals surface area (Å²) in [5, 5.41) is 0.754. The highest BCUT2D eigenvalue weighted by atomic mass is 35.5. The molecule has 0 saturated carbocycles. The largest absolute Gasteiger partial charge is 0.443 e. The maximum absolute atomic E-state index is 12.2. The van der Waals surface area contributed by atoms with Crippen molar-refractivity contribution < 1.29 is 22.1 Å². The molecule has 0 bridgehead atoms. The molecule has 0 aromatic heterocycles. The molecular weight excluding hydrogens is 365 g/mol. The van der Waals surface area contributed by atoms with Gasteiger partial charge in [-0.05, 0) is 44.9 Å². The van der Waals surface area contributed by atoms with Gasteiger partial charge in [-0.2, -0.15) is 12.7 Å². The van der Waals surface area contributed by atoms with Gasteiger partial charge in [-0.15, -0.1) is 0 Å². The predicted molar refractivity (Wildman–Crippen MR) is 86.9 cm³/mol. The Kier molecular flexibility index (Phi) is 5.15. The molecule has 1 aromatic carbocycles. The first-order chi connectivity index (χ1) is 10.5. The van der Waals surface area contributed by atoms with E-state index >= 15 is 0 Å². The number of hydrogen-bond donors (Lipinski definition) is 0. The van der Waals surface area contributed by atoms with Crippen molar-refractivity contribution in [2.75, 3.05) is 6.61 Å². The lowest BCUT2D eigenvalue weighted by Gasteiger charge is -2.26. The van der Waals surface area contributed by atoms with Crippen LogP contribution < -0.4 is 0 Å². The molecule has 1 atom stereocenters. The minimum absolute atomic E-state index is 0.137. The molecule has 0 N–H and O–H groups in total. The monoisotopic (exact) mass is 381 g/mol. The second-order valence-electron chi connectivity index (χ2n) is 6.12. The molecule has 1 aromatic rings. The first-order valence-corrected chi connectivity index (χ1v) is 8.97. The van der Waals surface area contributed by atoms with Gasteiger partial charge in [0.1, 0.15) is 5.60 Å². The van der Waals surface area contributed by atoms with Gasteiger partial charge < -0.3 is 4.74 Å². The van der Waals surface area contributed by atoms with Crippen LogP contribution in [0.2, 0.25) is 10.0 Å². The van der Waals surface area contributed by atoms with Crippen molar-refractivity contribution >= 4 is 39.6 Å². The fraction of sp³-hybridized carbons (Fsp3) is 0.500. The van der Waals surface area contributed by atoms with Crippen LogP contribution in [0, 0.1) is 0 Å². The molecule has 6 nitrogen and oxygen atoms in total. The molecule has 0 aliphatic carbocycles. The SMILES string of the molecule is CC(C)(C)OC(=O)N1C(Cc2ccc(Cl)c(Cl)c2)COS1(=O)=O. The Morgan fingerprint density at radius 1 is 1.35 bits per heavy atom. The van der Waals surface area contributed by atoms with E-state index in [9.17, 15) is 13.2 Å². The number of carbonyl (C=O) groups is 1. The van der Waals surface area contributed by atoms with Crippen LogP contribution in [0.5, 0.6) is 0 Å². The number of benzene rings is 1. The van der Waals surface area contributed by atoms with Crippen LogP contribution in [0.15, 0.2) is 18.2 Å². The number of carbonyl (C=O) groups excluding carboxylic acids is 1. The third-order valence-electron chi connectivity index (χ3n) is 3.01. The Balaban J connectivity index is 2.23. The summed E-state index contributed by atoms with van der Waals surface area (Å²) in [4.78, 5) is 12.2. The number of amides is 1. The van der Waals surface area contributed by atoms with Crippen molar-refractivity contribution in [1.29, 1.82) is 0 Å². The molecular formula is C14H17Cl2NO5S. The third kappa shape index (κ3) is 4.50. The molecule has 2 rings (SSSR count). The third-order valence-corrected chi connectivity index (χ3v) is 5.11. The van der Waals surface area contributed by atoms with Gasteiger partial charge in [-0.3, -0.25) is 4.18 Å². The highest BCUT2D eigenvalue weighted by Crippen LogP contribution is 2.27. The van der Waals surface area contributed by atoms with Gasteiger partial charge in [-0.25, -0.2) is 4.79 Å². The summed E-state index contributed by atoms with van der Waals surface area (Å²) in [5.41, 5.74) is -0.0813. The number of nitrogens with zero attached hydrogens (tertiary/aromatic N) is 1. The molecule has 128 valence electrons. The summed E-state index contributed by atoms with van der Waals surface area (Å²) in [6, 6.07) is 4.25.